The standard InChI is InChI=1S/C7H10O4.C6H8O4/c1-5(2)7(10)11-4-3-6(8)9;1-4(6(9)10)2-3-5(7)8/h1,3-4H2,2H3,(H,8,9);1-3H2,(H,7,8)(H,9,10). The number of carboxylic acids is 3. The van der Waals surface area contributed by atoms with Crippen molar-refractivity contribution in [3.8, 4) is 0 Å². The topological polar surface area (TPSA) is 138 Å². The monoisotopic (exact) mass is 302 g/mol. The molecule has 118 valence electrons. The van der Waals surface area contributed by atoms with Crippen molar-refractivity contribution in [1.82, 2.24) is 0 Å². The fourth-order valence-electron chi connectivity index (χ4n) is 0.719. The van der Waals surface area contributed by atoms with Gasteiger partial charge in [0.15, 0.2) is 0 Å². The van der Waals surface area contributed by atoms with Crippen LogP contribution < -0.4 is 0 Å². The lowest BCUT2D eigenvalue weighted by Gasteiger charge is -2.00. The molecule has 8 heteroatoms. The Labute approximate surface area is 121 Å². The molecule has 0 rings (SSSR count). The van der Waals surface area contributed by atoms with Crippen LogP contribution in [-0.4, -0.2) is 45.8 Å². The van der Waals surface area contributed by atoms with Crippen LogP contribution in [-0.2, 0) is 23.9 Å². The Balaban J connectivity index is 0. The zero-order valence-corrected chi connectivity index (χ0v) is 11.6. The Morgan fingerprint density at radius 2 is 1.38 bits per heavy atom. The fourth-order valence-corrected chi connectivity index (χ4v) is 0.719. The van der Waals surface area contributed by atoms with Crippen molar-refractivity contribution < 1.29 is 39.2 Å². The van der Waals surface area contributed by atoms with Crippen molar-refractivity contribution in [2.45, 2.75) is 26.2 Å². The second kappa shape index (κ2) is 11.2. The molecule has 0 spiro atoms. The zero-order valence-electron chi connectivity index (χ0n) is 11.6. The van der Waals surface area contributed by atoms with Crippen molar-refractivity contribution in [3.63, 3.8) is 0 Å². The van der Waals surface area contributed by atoms with Gasteiger partial charge in [-0.3, -0.25) is 9.59 Å². The van der Waals surface area contributed by atoms with Gasteiger partial charge in [-0.15, -0.1) is 0 Å². The summed E-state index contributed by atoms with van der Waals surface area (Å²) in [6.07, 6.45) is -0.338. The van der Waals surface area contributed by atoms with Gasteiger partial charge in [0.25, 0.3) is 0 Å². The van der Waals surface area contributed by atoms with Crippen molar-refractivity contribution in [1.29, 1.82) is 0 Å². The van der Waals surface area contributed by atoms with Gasteiger partial charge in [-0.1, -0.05) is 13.2 Å². The molecule has 3 N–H and O–H groups in total. The van der Waals surface area contributed by atoms with E-state index in [0.717, 1.165) is 0 Å². The van der Waals surface area contributed by atoms with Gasteiger partial charge in [0, 0.05) is 17.6 Å². The summed E-state index contributed by atoms with van der Waals surface area (Å²) in [5.41, 5.74) is 0.206. The first-order valence-electron chi connectivity index (χ1n) is 5.75. The minimum atomic E-state index is -1.14. The number of carbonyl (C=O) groups excluding carboxylic acids is 1. The largest absolute Gasteiger partial charge is 0.481 e. The SMILES string of the molecule is C=C(C)C(=O)OCCC(=O)O.C=C(CCC(=O)O)C(=O)O. The minimum Gasteiger partial charge on any atom is -0.481 e. The third kappa shape index (κ3) is 15.3. The first kappa shape index (κ1) is 20.7. The Morgan fingerprint density at radius 3 is 1.71 bits per heavy atom. The smallest absolute Gasteiger partial charge is 0.333 e. The van der Waals surface area contributed by atoms with Crippen LogP contribution in [0.1, 0.15) is 26.2 Å². The quantitative estimate of drug-likeness (QED) is 0.447. The van der Waals surface area contributed by atoms with Crippen molar-refractivity contribution in [3.05, 3.63) is 24.3 Å². The lowest BCUT2D eigenvalue weighted by Crippen LogP contribution is -2.09. The van der Waals surface area contributed by atoms with Crippen LogP contribution >= 0.6 is 0 Å². The van der Waals surface area contributed by atoms with Crippen LogP contribution in [0.15, 0.2) is 24.3 Å². The molecule has 0 saturated carbocycles. The molecule has 0 aliphatic heterocycles. The zero-order chi connectivity index (χ0) is 17.0. The van der Waals surface area contributed by atoms with E-state index in [0.29, 0.717) is 0 Å². The van der Waals surface area contributed by atoms with E-state index in [1.165, 1.54) is 6.92 Å². The number of aliphatic carboxylic acids is 3. The third-order valence-corrected chi connectivity index (χ3v) is 1.84. The van der Waals surface area contributed by atoms with E-state index in [4.69, 9.17) is 15.3 Å². The predicted octanol–water partition coefficient (Wildman–Crippen LogP) is 1.07. The maximum absolute atomic E-state index is 10.6. The number of rotatable bonds is 8. The molecule has 21 heavy (non-hydrogen) atoms. The van der Waals surface area contributed by atoms with Gasteiger partial charge in [0.1, 0.15) is 6.61 Å². The molecule has 0 aromatic carbocycles. The number of ether oxygens (including phenoxy) is 1. The van der Waals surface area contributed by atoms with Gasteiger partial charge < -0.3 is 20.1 Å². The van der Waals surface area contributed by atoms with Crippen molar-refractivity contribution in [2.24, 2.45) is 0 Å². The Kier molecular flexibility index (Phi) is 11.0. The van der Waals surface area contributed by atoms with Crippen LogP contribution in [0.3, 0.4) is 0 Å². The molecule has 0 atom stereocenters. The second-order valence-corrected chi connectivity index (χ2v) is 3.86. The highest BCUT2D eigenvalue weighted by Gasteiger charge is 2.05. The summed E-state index contributed by atoms with van der Waals surface area (Å²) in [7, 11) is 0. The molecule has 0 aliphatic carbocycles. The van der Waals surface area contributed by atoms with Gasteiger partial charge in [0.2, 0.25) is 0 Å². The number of hydrogen-bond acceptors (Lipinski definition) is 5. The van der Waals surface area contributed by atoms with Crippen LogP contribution in [0, 0.1) is 0 Å². The summed E-state index contributed by atoms with van der Waals surface area (Å²) in [4.78, 5) is 40.5. The summed E-state index contributed by atoms with van der Waals surface area (Å²) >= 11 is 0. The molecule has 0 aromatic heterocycles. The second-order valence-electron chi connectivity index (χ2n) is 3.86. The average Bonchev–Trinajstić information content (AvgIpc) is 2.35. The molecule has 0 aromatic rings. The lowest BCUT2D eigenvalue weighted by atomic mass is 10.2. The molecule has 0 fully saturated rings. The molecule has 0 bridgehead atoms. The van der Waals surface area contributed by atoms with Crippen LogP contribution in [0.25, 0.3) is 0 Å². The van der Waals surface area contributed by atoms with E-state index in [2.05, 4.69) is 17.9 Å². The maximum Gasteiger partial charge on any atom is 0.333 e. The number of esters is 1. The van der Waals surface area contributed by atoms with Crippen LogP contribution in [0.4, 0.5) is 0 Å². The Bertz CT molecular complexity index is 435. The maximum atomic E-state index is 10.6. The van der Waals surface area contributed by atoms with Gasteiger partial charge in [-0.25, -0.2) is 9.59 Å². The molecule has 0 radical (unpaired) electrons. The average molecular weight is 302 g/mol. The first-order chi connectivity index (χ1) is 9.57. The van der Waals surface area contributed by atoms with Crippen molar-refractivity contribution >= 4 is 23.9 Å². The number of hydrogen-bond donors (Lipinski definition) is 3. The Morgan fingerprint density at radius 1 is 0.905 bits per heavy atom. The van der Waals surface area contributed by atoms with Crippen LogP contribution in [0.2, 0.25) is 0 Å². The summed E-state index contributed by atoms with van der Waals surface area (Å²) < 4.78 is 4.49. The molecule has 0 unspecified atom stereocenters. The highest BCUT2D eigenvalue weighted by atomic mass is 16.5. The van der Waals surface area contributed by atoms with Gasteiger partial charge in [0.05, 0.1) is 6.42 Å². The van der Waals surface area contributed by atoms with E-state index in [1.54, 1.807) is 0 Å². The Hall–Kier alpha value is -2.64. The molecular formula is C13H18O8. The summed E-state index contributed by atoms with van der Waals surface area (Å²) in [5.74, 6) is -3.69. The number of carboxylic acid groups (broad SMARTS) is 3. The molecule has 0 amide bonds. The minimum absolute atomic E-state index is 0.00463. The fraction of sp³-hybridized carbons (Fsp3) is 0.385. The number of carbonyl (C=O) groups is 4. The van der Waals surface area contributed by atoms with E-state index in [-0.39, 0.29) is 37.0 Å². The molecule has 0 saturated heterocycles. The molecule has 0 aliphatic rings. The van der Waals surface area contributed by atoms with Gasteiger partial charge in [-0.2, -0.15) is 0 Å². The molecule has 0 heterocycles. The van der Waals surface area contributed by atoms with Gasteiger partial charge in [-0.05, 0) is 13.3 Å². The van der Waals surface area contributed by atoms with Gasteiger partial charge >= 0.3 is 23.9 Å². The van der Waals surface area contributed by atoms with E-state index < -0.39 is 23.9 Å². The van der Waals surface area contributed by atoms with E-state index in [9.17, 15) is 19.2 Å². The van der Waals surface area contributed by atoms with E-state index >= 15 is 0 Å². The molecule has 8 nitrogen and oxygen atoms in total. The third-order valence-electron chi connectivity index (χ3n) is 1.84. The van der Waals surface area contributed by atoms with Crippen molar-refractivity contribution in [2.75, 3.05) is 6.61 Å². The summed E-state index contributed by atoms with van der Waals surface area (Å²) in [6.45, 7) is 7.90. The highest BCUT2D eigenvalue weighted by molar-refractivity contribution is 5.87. The lowest BCUT2D eigenvalue weighted by molar-refractivity contribution is -0.143. The normalized spacial score (nSPS) is 8.81. The summed E-state index contributed by atoms with van der Waals surface area (Å²) in [5, 5.41) is 24.5. The predicted molar refractivity (Wildman–Crippen MR) is 71.7 cm³/mol. The van der Waals surface area contributed by atoms with Crippen LogP contribution in [0.5, 0.6) is 0 Å². The van der Waals surface area contributed by atoms with E-state index in [1.807, 2.05) is 0 Å². The first-order valence-corrected chi connectivity index (χ1v) is 5.75. The summed E-state index contributed by atoms with van der Waals surface area (Å²) in [6, 6.07) is 0. The molecular weight excluding hydrogens is 284 g/mol. The highest BCUT2D eigenvalue weighted by Crippen LogP contribution is 2.01.